The zero-order valence-electron chi connectivity index (χ0n) is 8.09. The van der Waals surface area contributed by atoms with Gasteiger partial charge in [0.1, 0.15) is 0 Å². The summed E-state index contributed by atoms with van der Waals surface area (Å²) in [4.78, 5) is 0. The summed E-state index contributed by atoms with van der Waals surface area (Å²) >= 11 is 0. The van der Waals surface area contributed by atoms with Crippen LogP contribution in [0.1, 0.15) is 24.1 Å². The quantitative estimate of drug-likeness (QED) is 0.764. The van der Waals surface area contributed by atoms with Gasteiger partial charge < -0.3 is 10.8 Å². The Bertz CT molecular complexity index is 339. The lowest BCUT2D eigenvalue weighted by Crippen LogP contribution is -2.24. The van der Waals surface area contributed by atoms with Gasteiger partial charge in [-0.1, -0.05) is 12.1 Å². The maximum atomic E-state index is 13.3. The molecule has 0 aliphatic rings. The average molecular weight is 201 g/mol. The highest BCUT2D eigenvalue weighted by Gasteiger charge is 2.19. The Morgan fingerprint density at radius 1 is 1.29 bits per heavy atom. The van der Waals surface area contributed by atoms with Crippen LogP contribution in [-0.2, 0) is 0 Å². The minimum Gasteiger partial charge on any atom is -0.391 e. The predicted octanol–water partition coefficient (Wildman–Crippen LogP) is 1.65. The van der Waals surface area contributed by atoms with Crippen molar-refractivity contribution >= 4 is 0 Å². The Kier molecular flexibility index (Phi) is 3.18. The van der Waals surface area contributed by atoms with E-state index in [-0.39, 0.29) is 11.1 Å². The topological polar surface area (TPSA) is 46.2 Å². The van der Waals surface area contributed by atoms with Crippen molar-refractivity contribution in [1.29, 1.82) is 0 Å². The normalized spacial score (nSPS) is 15.3. The van der Waals surface area contributed by atoms with Crippen LogP contribution in [0.5, 0.6) is 0 Å². The van der Waals surface area contributed by atoms with Crippen molar-refractivity contribution in [2.24, 2.45) is 5.73 Å². The van der Waals surface area contributed by atoms with Crippen molar-refractivity contribution in [3.05, 3.63) is 34.9 Å². The summed E-state index contributed by atoms with van der Waals surface area (Å²) in [5, 5.41) is 9.14. The van der Waals surface area contributed by atoms with Gasteiger partial charge in [-0.3, -0.25) is 0 Å². The first-order valence-electron chi connectivity index (χ1n) is 4.33. The van der Waals surface area contributed by atoms with E-state index >= 15 is 0 Å². The smallest absolute Gasteiger partial charge is 0.163 e. The molecule has 0 amide bonds. The van der Waals surface area contributed by atoms with Gasteiger partial charge in [-0.2, -0.15) is 0 Å². The highest BCUT2D eigenvalue weighted by molar-refractivity contribution is 5.28. The molecular weight excluding hydrogens is 188 g/mol. The first-order valence-corrected chi connectivity index (χ1v) is 4.33. The van der Waals surface area contributed by atoms with Crippen molar-refractivity contribution in [1.82, 2.24) is 0 Å². The van der Waals surface area contributed by atoms with Gasteiger partial charge in [-0.25, -0.2) is 8.78 Å². The Hall–Kier alpha value is -1.00. The lowest BCUT2D eigenvalue weighted by molar-refractivity contribution is 0.162. The molecule has 0 aromatic heterocycles. The third kappa shape index (κ3) is 1.91. The monoisotopic (exact) mass is 201 g/mol. The molecule has 0 bridgehead atoms. The van der Waals surface area contributed by atoms with Gasteiger partial charge in [0.2, 0.25) is 0 Å². The van der Waals surface area contributed by atoms with Gasteiger partial charge in [0.05, 0.1) is 12.1 Å². The van der Waals surface area contributed by atoms with Gasteiger partial charge in [-0.05, 0) is 19.4 Å². The highest BCUT2D eigenvalue weighted by atomic mass is 19.2. The predicted molar refractivity (Wildman–Crippen MR) is 49.7 cm³/mol. The number of halogens is 2. The SMILES string of the molecule is Cc1ccc([C@H](N)C(C)O)c(F)c1F. The molecule has 1 aromatic carbocycles. The molecule has 1 unspecified atom stereocenters. The summed E-state index contributed by atoms with van der Waals surface area (Å²) < 4.78 is 26.4. The van der Waals surface area contributed by atoms with Crippen molar-refractivity contribution in [3.8, 4) is 0 Å². The second-order valence-corrected chi connectivity index (χ2v) is 3.37. The van der Waals surface area contributed by atoms with E-state index in [1.165, 1.54) is 26.0 Å². The van der Waals surface area contributed by atoms with E-state index < -0.39 is 23.8 Å². The largest absolute Gasteiger partial charge is 0.391 e. The zero-order valence-corrected chi connectivity index (χ0v) is 8.09. The van der Waals surface area contributed by atoms with Crippen LogP contribution in [0.3, 0.4) is 0 Å². The third-order valence-electron chi connectivity index (χ3n) is 2.18. The van der Waals surface area contributed by atoms with Gasteiger partial charge in [0.15, 0.2) is 11.6 Å². The molecular formula is C10H13F2NO. The molecule has 0 fully saturated rings. The molecule has 0 radical (unpaired) electrons. The number of aryl methyl sites for hydroxylation is 1. The lowest BCUT2D eigenvalue weighted by atomic mass is 10.0. The molecule has 1 aromatic rings. The van der Waals surface area contributed by atoms with E-state index in [1.807, 2.05) is 0 Å². The molecule has 4 heteroatoms. The standard InChI is InChI=1S/C10H13F2NO/c1-5-3-4-7(9(12)8(5)11)10(13)6(2)14/h3-4,6,10,14H,13H2,1-2H3/t6?,10-/m1/s1. The van der Waals surface area contributed by atoms with E-state index in [0.717, 1.165) is 0 Å². The number of aliphatic hydroxyl groups excluding tert-OH is 1. The first kappa shape index (κ1) is 11.1. The molecule has 0 spiro atoms. The fourth-order valence-corrected chi connectivity index (χ4v) is 1.18. The molecule has 78 valence electrons. The number of benzene rings is 1. The van der Waals surface area contributed by atoms with E-state index in [2.05, 4.69) is 0 Å². The van der Waals surface area contributed by atoms with Gasteiger partial charge in [-0.15, -0.1) is 0 Å². The van der Waals surface area contributed by atoms with Crippen LogP contribution in [0.25, 0.3) is 0 Å². The van der Waals surface area contributed by atoms with Crippen LogP contribution in [0.15, 0.2) is 12.1 Å². The van der Waals surface area contributed by atoms with Crippen LogP contribution in [0.4, 0.5) is 8.78 Å². The number of hydrogen-bond acceptors (Lipinski definition) is 2. The van der Waals surface area contributed by atoms with Crippen LogP contribution >= 0.6 is 0 Å². The Balaban J connectivity index is 3.17. The molecule has 0 heterocycles. The maximum Gasteiger partial charge on any atom is 0.163 e. The van der Waals surface area contributed by atoms with E-state index in [9.17, 15) is 8.78 Å². The first-order chi connectivity index (χ1) is 6.45. The summed E-state index contributed by atoms with van der Waals surface area (Å²) in [7, 11) is 0. The van der Waals surface area contributed by atoms with Crippen LogP contribution < -0.4 is 5.73 Å². The minimum absolute atomic E-state index is 0.00287. The highest BCUT2D eigenvalue weighted by Crippen LogP contribution is 2.22. The van der Waals surface area contributed by atoms with Crippen molar-refractivity contribution in [2.75, 3.05) is 0 Å². The Morgan fingerprint density at radius 3 is 2.36 bits per heavy atom. The maximum absolute atomic E-state index is 13.3. The van der Waals surface area contributed by atoms with Crippen molar-refractivity contribution in [3.63, 3.8) is 0 Å². The van der Waals surface area contributed by atoms with Gasteiger partial charge in [0, 0.05) is 5.56 Å². The van der Waals surface area contributed by atoms with Crippen LogP contribution in [0, 0.1) is 18.6 Å². The molecule has 2 nitrogen and oxygen atoms in total. The van der Waals surface area contributed by atoms with Gasteiger partial charge in [0.25, 0.3) is 0 Å². The molecule has 1 rings (SSSR count). The number of hydrogen-bond donors (Lipinski definition) is 2. The lowest BCUT2D eigenvalue weighted by Gasteiger charge is -2.16. The second kappa shape index (κ2) is 4.02. The van der Waals surface area contributed by atoms with Gasteiger partial charge >= 0.3 is 0 Å². The number of rotatable bonds is 2. The summed E-state index contributed by atoms with van der Waals surface area (Å²) in [6.07, 6.45) is -0.911. The fraction of sp³-hybridized carbons (Fsp3) is 0.400. The number of aliphatic hydroxyl groups is 1. The second-order valence-electron chi connectivity index (χ2n) is 3.37. The molecule has 0 aliphatic heterocycles. The van der Waals surface area contributed by atoms with Crippen LogP contribution in [0.2, 0.25) is 0 Å². The summed E-state index contributed by atoms with van der Waals surface area (Å²) in [5.74, 6) is -1.88. The van der Waals surface area contributed by atoms with E-state index in [4.69, 9.17) is 10.8 Å². The molecule has 14 heavy (non-hydrogen) atoms. The third-order valence-corrected chi connectivity index (χ3v) is 2.18. The Morgan fingerprint density at radius 2 is 1.86 bits per heavy atom. The zero-order chi connectivity index (χ0) is 10.9. The van der Waals surface area contributed by atoms with Crippen molar-refractivity contribution < 1.29 is 13.9 Å². The minimum atomic E-state index is -0.974. The van der Waals surface area contributed by atoms with E-state index in [1.54, 1.807) is 0 Å². The molecule has 2 atom stereocenters. The van der Waals surface area contributed by atoms with Crippen LogP contribution in [-0.4, -0.2) is 11.2 Å². The molecule has 0 saturated heterocycles. The Labute approximate surface area is 81.4 Å². The molecule has 0 saturated carbocycles. The summed E-state index contributed by atoms with van der Waals surface area (Å²) in [5.41, 5.74) is 5.73. The van der Waals surface area contributed by atoms with E-state index in [0.29, 0.717) is 0 Å². The summed E-state index contributed by atoms with van der Waals surface area (Å²) in [6.45, 7) is 2.90. The number of nitrogens with two attached hydrogens (primary N) is 1. The molecule has 3 N–H and O–H groups in total. The summed E-state index contributed by atoms with van der Waals surface area (Å²) in [6, 6.07) is 1.94. The average Bonchev–Trinajstić information content (AvgIpc) is 2.13. The van der Waals surface area contributed by atoms with Crippen molar-refractivity contribution in [2.45, 2.75) is 26.0 Å². The fourth-order valence-electron chi connectivity index (χ4n) is 1.18. The molecule has 0 aliphatic carbocycles.